The lowest BCUT2D eigenvalue weighted by Gasteiger charge is -2.38. The third-order valence-electron chi connectivity index (χ3n) is 8.01. The number of para-hydroxylation sites is 1. The van der Waals surface area contributed by atoms with Gasteiger partial charge >= 0.3 is 6.18 Å². The maximum absolute atomic E-state index is 13.8. The first-order chi connectivity index (χ1) is 18.1. The third-order valence-corrected chi connectivity index (χ3v) is 9.84. The molecule has 0 spiro atoms. The number of rotatable bonds is 7. The molecule has 5 rings (SSSR count). The van der Waals surface area contributed by atoms with E-state index in [-0.39, 0.29) is 30.1 Å². The summed E-state index contributed by atoms with van der Waals surface area (Å²) in [5.41, 5.74) is 1.89. The summed E-state index contributed by atoms with van der Waals surface area (Å²) in [4.78, 5) is 9.59. The zero-order chi connectivity index (χ0) is 26.9. The van der Waals surface area contributed by atoms with Gasteiger partial charge in [0.25, 0.3) is 0 Å². The minimum absolute atomic E-state index is 0.0825. The summed E-state index contributed by atoms with van der Waals surface area (Å²) in [6.45, 7) is 2.47. The molecule has 2 aliphatic rings. The number of H-pyrrole nitrogens is 1. The fourth-order valence-corrected chi connectivity index (χ4v) is 7.40. The minimum Gasteiger partial charge on any atom is -0.359 e. The van der Waals surface area contributed by atoms with Crippen LogP contribution in [-0.4, -0.2) is 35.3 Å². The first-order valence-electron chi connectivity index (χ1n) is 13.2. The summed E-state index contributed by atoms with van der Waals surface area (Å²) in [5, 5.41) is 0. The molecule has 6 nitrogen and oxygen atoms in total. The van der Waals surface area contributed by atoms with Crippen LogP contribution in [-0.2, 0) is 22.7 Å². The molecule has 38 heavy (non-hydrogen) atoms. The van der Waals surface area contributed by atoms with Gasteiger partial charge in [-0.25, -0.2) is 13.4 Å². The van der Waals surface area contributed by atoms with E-state index in [1.165, 1.54) is 30.0 Å². The fourth-order valence-electron chi connectivity index (χ4n) is 5.95. The quantitative estimate of drug-likeness (QED) is 0.365. The van der Waals surface area contributed by atoms with Crippen molar-refractivity contribution in [2.75, 3.05) is 11.4 Å². The van der Waals surface area contributed by atoms with Gasteiger partial charge in [0.05, 0.1) is 34.7 Å². The van der Waals surface area contributed by atoms with Crippen LogP contribution in [0.4, 0.5) is 18.9 Å². The number of halogens is 3. The van der Waals surface area contributed by atoms with Gasteiger partial charge in [0.15, 0.2) is 0 Å². The highest BCUT2D eigenvalue weighted by Gasteiger charge is 2.38. The predicted octanol–water partition coefficient (Wildman–Crippen LogP) is 6.54. The summed E-state index contributed by atoms with van der Waals surface area (Å²) in [6.07, 6.45) is 5.61. The number of nitrogens with one attached hydrogen (secondary N) is 1. The Morgan fingerprint density at radius 2 is 1.76 bits per heavy atom. The summed E-state index contributed by atoms with van der Waals surface area (Å²) < 4.78 is 68.5. The predicted molar refractivity (Wildman–Crippen MR) is 140 cm³/mol. The van der Waals surface area contributed by atoms with E-state index in [1.54, 1.807) is 12.5 Å². The minimum atomic E-state index is -4.53. The summed E-state index contributed by atoms with van der Waals surface area (Å²) in [7, 11) is -4.04. The van der Waals surface area contributed by atoms with Crippen molar-refractivity contribution in [3.05, 3.63) is 77.9 Å². The molecule has 1 aliphatic heterocycles. The molecule has 10 heteroatoms. The number of aromatic amines is 1. The second kappa shape index (κ2) is 10.7. The average molecular weight is 547 g/mol. The molecule has 2 aromatic carbocycles. The van der Waals surface area contributed by atoms with Crippen LogP contribution in [0.25, 0.3) is 0 Å². The molecular formula is C28H33F3N4O2S. The van der Waals surface area contributed by atoms with Gasteiger partial charge in [-0.2, -0.15) is 17.5 Å². The van der Waals surface area contributed by atoms with Gasteiger partial charge in [0.1, 0.15) is 0 Å². The van der Waals surface area contributed by atoms with Gasteiger partial charge in [-0.05, 0) is 61.6 Å². The largest absolute Gasteiger partial charge is 0.416 e. The molecule has 2 atom stereocenters. The van der Waals surface area contributed by atoms with Crippen molar-refractivity contribution < 1.29 is 21.6 Å². The van der Waals surface area contributed by atoms with Gasteiger partial charge < -0.3 is 9.88 Å². The molecule has 1 N–H and O–H groups in total. The number of aromatic nitrogens is 2. The monoisotopic (exact) mass is 546 g/mol. The van der Waals surface area contributed by atoms with E-state index in [0.29, 0.717) is 5.92 Å². The number of anilines is 1. The van der Waals surface area contributed by atoms with Crippen LogP contribution < -0.4 is 4.90 Å². The molecule has 0 saturated heterocycles. The van der Waals surface area contributed by atoms with Crippen LogP contribution >= 0.6 is 0 Å². The Bertz CT molecular complexity index is 1320. The number of nitrogens with zero attached hydrogens (tertiary/aromatic N) is 3. The molecule has 1 aromatic heterocycles. The van der Waals surface area contributed by atoms with Gasteiger partial charge in [0.2, 0.25) is 10.0 Å². The Labute approximate surface area is 221 Å². The molecule has 1 fully saturated rings. The number of benzene rings is 2. The smallest absolute Gasteiger partial charge is 0.359 e. The van der Waals surface area contributed by atoms with E-state index < -0.39 is 21.8 Å². The molecule has 0 amide bonds. The first kappa shape index (κ1) is 26.7. The van der Waals surface area contributed by atoms with Crippen LogP contribution in [0.1, 0.15) is 68.3 Å². The highest BCUT2D eigenvalue weighted by Crippen LogP contribution is 2.39. The van der Waals surface area contributed by atoms with Crippen molar-refractivity contribution in [2.24, 2.45) is 5.92 Å². The van der Waals surface area contributed by atoms with Gasteiger partial charge in [0, 0.05) is 24.8 Å². The number of alkyl halides is 3. The third kappa shape index (κ3) is 5.47. The van der Waals surface area contributed by atoms with Crippen molar-refractivity contribution in [1.29, 1.82) is 0 Å². The second-order valence-corrected chi connectivity index (χ2v) is 12.4. The van der Waals surface area contributed by atoms with E-state index in [9.17, 15) is 21.6 Å². The lowest BCUT2D eigenvalue weighted by Crippen LogP contribution is -2.45. The molecular weight excluding hydrogens is 513 g/mol. The first-order valence-corrected chi connectivity index (χ1v) is 14.6. The molecule has 1 aliphatic carbocycles. The van der Waals surface area contributed by atoms with Crippen LogP contribution in [0.2, 0.25) is 0 Å². The van der Waals surface area contributed by atoms with E-state index in [2.05, 4.69) is 21.8 Å². The number of fused-ring (bicyclic) bond motifs is 1. The Morgan fingerprint density at radius 3 is 2.42 bits per heavy atom. The van der Waals surface area contributed by atoms with Crippen LogP contribution in [0.15, 0.2) is 66.0 Å². The summed E-state index contributed by atoms with van der Waals surface area (Å²) in [6, 6.07) is 11.4. The number of sulfonamides is 1. The molecule has 1 unspecified atom stereocenters. The number of hydrogen-bond donors (Lipinski definition) is 1. The van der Waals surface area contributed by atoms with Crippen molar-refractivity contribution in [3.63, 3.8) is 0 Å². The SMILES string of the molecule is CC(c1cnc[nH]1)N1c2ccccc2CN(S(=O)(=O)c2ccc(C(F)(F)F)cc2)C[C@@H]1CCC1CCCC1. The van der Waals surface area contributed by atoms with Gasteiger partial charge in [-0.15, -0.1) is 0 Å². The van der Waals surface area contributed by atoms with Crippen LogP contribution in [0.5, 0.6) is 0 Å². The topological polar surface area (TPSA) is 69.3 Å². The Hall–Kier alpha value is -2.85. The molecule has 1 saturated carbocycles. The Kier molecular flexibility index (Phi) is 7.55. The molecule has 0 bridgehead atoms. The van der Waals surface area contributed by atoms with E-state index in [4.69, 9.17) is 0 Å². The standard InChI is InChI=1S/C28H33F3N4O2S/c1-20(26-16-32-19-33-26)35-24(13-10-21-6-2-3-7-21)18-34(17-22-8-4-5-9-27(22)35)38(36,37)25-14-11-23(12-15-25)28(29,30)31/h4-5,8-9,11-12,14-16,19-21,24H,2-3,6-7,10,13,17-18H2,1H3,(H,32,33)/t20?,24-/m0/s1. The highest BCUT2D eigenvalue weighted by atomic mass is 32.2. The van der Waals surface area contributed by atoms with Crippen LogP contribution in [0.3, 0.4) is 0 Å². The normalized spacial score (nSPS) is 20.3. The van der Waals surface area contributed by atoms with E-state index in [0.717, 1.165) is 54.1 Å². The maximum Gasteiger partial charge on any atom is 0.416 e. The lowest BCUT2D eigenvalue weighted by atomic mass is 9.96. The summed E-state index contributed by atoms with van der Waals surface area (Å²) in [5.74, 6) is 0.637. The molecule has 204 valence electrons. The van der Waals surface area contributed by atoms with Gasteiger partial charge in [-0.3, -0.25) is 0 Å². The number of hydrogen-bond acceptors (Lipinski definition) is 4. The zero-order valence-electron chi connectivity index (χ0n) is 21.4. The van der Waals surface area contributed by atoms with Crippen molar-refractivity contribution in [1.82, 2.24) is 14.3 Å². The average Bonchev–Trinajstić information content (AvgIpc) is 3.59. The second-order valence-electron chi connectivity index (χ2n) is 10.4. The van der Waals surface area contributed by atoms with Crippen molar-refractivity contribution in [2.45, 2.75) is 75.1 Å². The maximum atomic E-state index is 13.8. The molecule has 2 heterocycles. The Balaban J connectivity index is 1.52. The summed E-state index contributed by atoms with van der Waals surface area (Å²) >= 11 is 0. The van der Waals surface area contributed by atoms with Crippen molar-refractivity contribution in [3.8, 4) is 0 Å². The fraction of sp³-hybridized carbons (Fsp3) is 0.464. The van der Waals surface area contributed by atoms with Gasteiger partial charge in [-0.1, -0.05) is 43.9 Å². The highest BCUT2D eigenvalue weighted by molar-refractivity contribution is 7.89. The van der Waals surface area contributed by atoms with E-state index >= 15 is 0 Å². The van der Waals surface area contributed by atoms with E-state index in [1.807, 2.05) is 24.3 Å². The Morgan fingerprint density at radius 1 is 1.05 bits per heavy atom. The molecule has 3 aromatic rings. The van der Waals surface area contributed by atoms with Crippen LogP contribution in [0, 0.1) is 5.92 Å². The lowest BCUT2D eigenvalue weighted by molar-refractivity contribution is -0.137. The number of imidazole rings is 1. The molecule has 0 radical (unpaired) electrons. The van der Waals surface area contributed by atoms with Crippen molar-refractivity contribution >= 4 is 15.7 Å². The zero-order valence-corrected chi connectivity index (χ0v) is 22.2.